The Labute approximate surface area is 119 Å². The molecule has 20 heavy (non-hydrogen) atoms. The maximum absolute atomic E-state index is 11.4. The third kappa shape index (κ3) is 3.77. The van der Waals surface area contributed by atoms with Gasteiger partial charge in [-0.15, -0.1) is 0 Å². The van der Waals surface area contributed by atoms with Gasteiger partial charge in [-0.3, -0.25) is 4.72 Å². The standard InChI is InChI=1S/C14H18N2O3S/c1-3-20(17,18)16-13-8-6-12(7-9-13)15-11(2)14-5-4-10-19-14/h4-11,15-16H,3H2,1-2H3. The van der Waals surface area contributed by atoms with Crippen LogP contribution in [0.3, 0.4) is 0 Å². The van der Waals surface area contributed by atoms with Gasteiger partial charge in [-0.05, 0) is 50.2 Å². The zero-order chi connectivity index (χ0) is 14.6. The second-order valence-electron chi connectivity index (χ2n) is 4.46. The molecular formula is C14H18N2O3S. The van der Waals surface area contributed by atoms with E-state index in [-0.39, 0.29) is 11.8 Å². The van der Waals surface area contributed by atoms with Crippen LogP contribution in [-0.2, 0) is 10.0 Å². The summed E-state index contributed by atoms with van der Waals surface area (Å²) in [7, 11) is -3.23. The van der Waals surface area contributed by atoms with Gasteiger partial charge in [-0.1, -0.05) is 0 Å². The monoisotopic (exact) mass is 294 g/mol. The van der Waals surface area contributed by atoms with Crippen LogP contribution in [0.15, 0.2) is 47.1 Å². The van der Waals surface area contributed by atoms with Crippen LogP contribution in [0.5, 0.6) is 0 Å². The molecule has 0 aliphatic heterocycles. The fourth-order valence-corrected chi connectivity index (χ4v) is 2.38. The molecule has 0 amide bonds. The number of sulfonamides is 1. The number of furan rings is 1. The summed E-state index contributed by atoms with van der Waals surface area (Å²) >= 11 is 0. The number of hydrogen-bond acceptors (Lipinski definition) is 4. The lowest BCUT2D eigenvalue weighted by atomic mass is 10.2. The van der Waals surface area contributed by atoms with Crippen LogP contribution in [0.1, 0.15) is 25.6 Å². The van der Waals surface area contributed by atoms with E-state index in [0.717, 1.165) is 11.4 Å². The van der Waals surface area contributed by atoms with Gasteiger partial charge in [0.15, 0.2) is 0 Å². The lowest BCUT2D eigenvalue weighted by molar-refractivity contribution is 0.490. The van der Waals surface area contributed by atoms with Crippen molar-refractivity contribution in [3.63, 3.8) is 0 Å². The molecular weight excluding hydrogens is 276 g/mol. The Morgan fingerprint density at radius 2 is 1.80 bits per heavy atom. The molecule has 108 valence electrons. The van der Waals surface area contributed by atoms with Gasteiger partial charge in [0.25, 0.3) is 0 Å². The number of benzene rings is 1. The van der Waals surface area contributed by atoms with Crippen molar-refractivity contribution in [2.45, 2.75) is 19.9 Å². The van der Waals surface area contributed by atoms with E-state index < -0.39 is 10.0 Å². The summed E-state index contributed by atoms with van der Waals surface area (Å²) in [6.07, 6.45) is 1.64. The topological polar surface area (TPSA) is 71.3 Å². The zero-order valence-corrected chi connectivity index (χ0v) is 12.3. The van der Waals surface area contributed by atoms with Gasteiger partial charge in [-0.2, -0.15) is 0 Å². The molecule has 0 aliphatic rings. The molecule has 6 heteroatoms. The minimum atomic E-state index is -3.23. The lowest BCUT2D eigenvalue weighted by Gasteiger charge is -2.13. The van der Waals surface area contributed by atoms with E-state index >= 15 is 0 Å². The summed E-state index contributed by atoms with van der Waals surface area (Å²) in [5.74, 6) is 0.906. The quantitative estimate of drug-likeness (QED) is 0.858. The van der Waals surface area contributed by atoms with Crippen molar-refractivity contribution in [3.05, 3.63) is 48.4 Å². The van der Waals surface area contributed by atoms with Crippen LogP contribution in [0.2, 0.25) is 0 Å². The number of rotatable bonds is 6. The molecule has 0 saturated heterocycles. The molecule has 2 N–H and O–H groups in total. The second-order valence-corrected chi connectivity index (χ2v) is 6.48. The Morgan fingerprint density at radius 1 is 1.15 bits per heavy atom. The summed E-state index contributed by atoms with van der Waals surface area (Å²) in [5.41, 5.74) is 1.45. The molecule has 1 aromatic heterocycles. The molecule has 0 fully saturated rings. The fourth-order valence-electron chi connectivity index (χ4n) is 1.75. The van der Waals surface area contributed by atoms with Crippen molar-refractivity contribution in [2.75, 3.05) is 15.8 Å². The molecule has 0 radical (unpaired) electrons. The predicted molar refractivity (Wildman–Crippen MR) is 80.3 cm³/mol. The van der Waals surface area contributed by atoms with E-state index in [1.165, 1.54) is 0 Å². The summed E-state index contributed by atoms with van der Waals surface area (Å²) in [6, 6.07) is 10.9. The van der Waals surface area contributed by atoms with E-state index in [2.05, 4.69) is 10.0 Å². The van der Waals surface area contributed by atoms with Gasteiger partial charge >= 0.3 is 0 Å². The number of anilines is 2. The molecule has 1 heterocycles. The second kappa shape index (κ2) is 6.00. The van der Waals surface area contributed by atoms with Crippen LogP contribution in [0, 0.1) is 0 Å². The zero-order valence-electron chi connectivity index (χ0n) is 11.5. The SMILES string of the molecule is CCS(=O)(=O)Nc1ccc(NC(C)c2ccco2)cc1. The van der Waals surface area contributed by atoms with Gasteiger partial charge in [0.2, 0.25) is 10.0 Å². The molecule has 0 aliphatic carbocycles. The number of hydrogen-bond donors (Lipinski definition) is 2. The van der Waals surface area contributed by atoms with Crippen molar-refractivity contribution in [1.82, 2.24) is 0 Å². The Bertz CT molecular complexity index is 634. The van der Waals surface area contributed by atoms with E-state index in [1.54, 1.807) is 25.3 Å². The first-order chi connectivity index (χ1) is 9.50. The highest BCUT2D eigenvalue weighted by atomic mass is 32.2. The van der Waals surface area contributed by atoms with E-state index in [4.69, 9.17) is 4.42 Å². The normalized spacial score (nSPS) is 12.9. The summed E-state index contributed by atoms with van der Waals surface area (Å²) < 4.78 is 30.7. The molecule has 1 aromatic carbocycles. The summed E-state index contributed by atoms with van der Waals surface area (Å²) in [4.78, 5) is 0. The average Bonchev–Trinajstić information content (AvgIpc) is 2.95. The Hall–Kier alpha value is -1.95. The first-order valence-electron chi connectivity index (χ1n) is 6.40. The Balaban J connectivity index is 2.02. The van der Waals surface area contributed by atoms with Crippen molar-refractivity contribution in [1.29, 1.82) is 0 Å². The molecule has 0 spiro atoms. The molecule has 2 rings (SSSR count). The predicted octanol–water partition coefficient (Wildman–Crippen LogP) is 3.21. The van der Waals surface area contributed by atoms with Crippen LogP contribution < -0.4 is 10.0 Å². The largest absolute Gasteiger partial charge is 0.467 e. The molecule has 2 aromatic rings. The third-order valence-corrected chi connectivity index (χ3v) is 4.20. The van der Waals surface area contributed by atoms with Crippen molar-refractivity contribution in [2.24, 2.45) is 0 Å². The van der Waals surface area contributed by atoms with Gasteiger partial charge in [0.1, 0.15) is 5.76 Å². The highest BCUT2D eigenvalue weighted by Crippen LogP contribution is 2.21. The average molecular weight is 294 g/mol. The van der Waals surface area contributed by atoms with Crippen LogP contribution in [0.25, 0.3) is 0 Å². The van der Waals surface area contributed by atoms with Gasteiger partial charge in [0.05, 0.1) is 18.1 Å². The van der Waals surface area contributed by atoms with E-state index in [9.17, 15) is 8.42 Å². The van der Waals surface area contributed by atoms with Crippen molar-refractivity contribution < 1.29 is 12.8 Å². The molecule has 0 bridgehead atoms. The van der Waals surface area contributed by atoms with Crippen molar-refractivity contribution in [3.8, 4) is 0 Å². The highest BCUT2D eigenvalue weighted by Gasteiger charge is 2.09. The third-order valence-electron chi connectivity index (χ3n) is 2.89. The Kier molecular flexibility index (Phi) is 4.34. The molecule has 0 saturated carbocycles. The molecule has 5 nitrogen and oxygen atoms in total. The first-order valence-corrected chi connectivity index (χ1v) is 8.06. The Morgan fingerprint density at radius 3 is 2.35 bits per heavy atom. The van der Waals surface area contributed by atoms with Crippen LogP contribution >= 0.6 is 0 Å². The number of nitrogens with one attached hydrogen (secondary N) is 2. The summed E-state index contributed by atoms with van der Waals surface area (Å²) in [6.45, 7) is 3.59. The van der Waals surface area contributed by atoms with E-state index in [1.807, 2.05) is 31.2 Å². The smallest absolute Gasteiger partial charge is 0.232 e. The minimum Gasteiger partial charge on any atom is -0.467 e. The fraction of sp³-hybridized carbons (Fsp3) is 0.286. The van der Waals surface area contributed by atoms with Gasteiger partial charge in [-0.25, -0.2) is 8.42 Å². The van der Waals surface area contributed by atoms with Gasteiger partial charge in [0, 0.05) is 11.4 Å². The van der Waals surface area contributed by atoms with Gasteiger partial charge < -0.3 is 9.73 Å². The van der Waals surface area contributed by atoms with Crippen LogP contribution in [0.4, 0.5) is 11.4 Å². The maximum atomic E-state index is 11.4. The molecule has 1 unspecified atom stereocenters. The lowest BCUT2D eigenvalue weighted by Crippen LogP contribution is -2.14. The molecule has 1 atom stereocenters. The first kappa shape index (κ1) is 14.5. The highest BCUT2D eigenvalue weighted by molar-refractivity contribution is 7.92. The van der Waals surface area contributed by atoms with Crippen molar-refractivity contribution >= 4 is 21.4 Å². The minimum absolute atomic E-state index is 0.0446. The van der Waals surface area contributed by atoms with Crippen LogP contribution in [-0.4, -0.2) is 14.2 Å². The van der Waals surface area contributed by atoms with E-state index in [0.29, 0.717) is 5.69 Å². The summed E-state index contributed by atoms with van der Waals surface area (Å²) in [5, 5.41) is 3.28. The maximum Gasteiger partial charge on any atom is 0.232 e.